The van der Waals surface area contributed by atoms with Gasteiger partial charge in [-0.1, -0.05) is 6.92 Å². The molecule has 0 saturated carbocycles. The zero-order valence-electron chi connectivity index (χ0n) is 12.9. The number of hydrogen-bond acceptors (Lipinski definition) is 5. The van der Waals surface area contributed by atoms with E-state index in [1.807, 2.05) is 0 Å². The van der Waals surface area contributed by atoms with Gasteiger partial charge in [-0.15, -0.1) is 12.4 Å². The van der Waals surface area contributed by atoms with Crippen molar-refractivity contribution < 1.29 is 9.21 Å². The molecule has 0 aliphatic rings. The lowest BCUT2D eigenvalue weighted by Crippen LogP contribution is -2.33. The number of nitrogens with one attached hydrogen (secondary N) is 2. The molecule has 22 heavy (non-hydrogen) atoms. The first-order chi connectivity index (χ1) is 10.1. The average molecular weight is 329 g/mol. The number of aryl methyl sites for hydroxylation is 2. The molecule has 0 unspecified atom stereocenters. The lowest BCUT2D eigenvalue weighted by atomic mass is 10.2. The number of aromatic nitrogens is 2. The maximum Gasteiger partial charge on any atom is 0.265 e. The number of furan rings is 1. The van der Waals surface area contributed by atoms with Crippen LogP contribution in [0.25, 0.3) is 11.1 Å². The van der Waals surface area contributed by atoms with E-state index in [9.17, 15) is 9.59 Å². The maximum atomic E-state index is 12.3. The molecule has 2 aromatic rings. The van der Waals surface area contributed by atoms with E-state index in [1.165, 1.54) is 10.9 Å². The summed E-state index contributed by atoms with van der Waals surface area (Å²) in [7, 11) is 1.59. The topological polar surface area (TPSA) is 89.2 Å². The van der Waals surface area contributed by atoms with Crippen LogP contribution < -0.4 is 16.2 Å². The van der Waals surface area contributed by atoms with E-state index in [2.05, 4.69) is 22.5 Å². The second-order valence-corrected chi connectivity index (χ2v) is 4.88. The molecule has 2 heterocycles. The fraction of sp³-hybridized carbons (Fsp3) is 0.500. The highest BCUT2D eigenvalue weighted by atomic mass is 35.5. The highest BCUT2D eigenvalue weighted by Gasteiger charge is 2.21. The second kappa shape index (κ2) is 7.95. The summed E-state index contributed by atoms with van der Waals surface area (Å²) in [5, 5.41) is 6.21. The molecule has 0 aliphatic carbocycles. The lowest BCUT2D eigenvalue weighted by Gasteiger charge is -2.05. The predicted molar refractivity (Wildman–Crippen MR) is 86.7 cm³/mol. The molecule has 0 fully saturated rings. The van der Waals surface area contributed by atoms with Crippen LogP contribution in [0.2, 0.25) is 0 Å². The Labute approximate surface area is 134 Å². The molecule has 0 atom stereocenters. The van der Waals surface area contributed by atoms with Gasteiger partial charge >= 0.3 is 0 Å². The predicted octanol–water partition coefficient (Wildman–Crippen LogP) is 0.986. The van der Waals surface area contributed by atoms with Gasteiger partial charge in [0.25, 0.3) is 11.5 Å². The molecule has 0 bridgehead atoms. The number of hydrogen-bond donors (Lipinski definition) is 2. The Kier molecular flexibility index (Phi) is 6.58. The third-order valence-corrected chi connectivity index (χ3v) is 3.19. The maximum absolute atomic E-state index is 12.3. The molecule has 0 spiro atoms. The molecule has 8 heteroatoms. The zero-order valence-corrected chi connectivity index (χ0v) is 13.7. The molecule has 2 aromatic heterocycles. The van der Waals surface area contributed by atoms with Gasteiger partial charge in [0.05, 0.1) is 5.56 Å². The van der Waals surface area contributed by atoms with Crippen LogP contribution in [0, 0.1) is 6.92 Å². The molecule has 0 aliphatic heterocycles. The van der Waals surface area contributed by atoms with E-state index in [-0.39, 0.29) is 40.5 Å². The van der Waals surface area contributed by atoms with Crippen LogP contribution in [0.1, 0.15) is 29.5 Å². The summed E-state index contributed by atoms with van der Waals surface area (Å²) in [5.74, 6) is 0.0921. The number of carbonyl (C=O) groups excluding carboxylic acids is 1. The summed E-state index contributed by atoms with van der Waals surface area (Å²) in [5.41, 5.74) is 0.185. The molecule has 122 valence electrons. The quantitative estimate of drug-likeness (QED) is 0.772. The third-order valence-electron chi connectivity index (χ3n) is 3.19. The summed E-state index contributed by atoms with van der Waals surface area (Å²) < 4.78 is 6.73. The standard InChI is InChI=1S/C14H20N4O3.ClH/c1-4-5-15-6-7-16-12(19)10-9(2)21-13-11(10)14(20)18(3)8-17-13;/h8,15H,4-7H2,1-3H3,(H,16,19);1H. The normalized spacial score (nSPS) is 10.5. The summed E-state index contributed by atoms with van der Waals surface area (Å²) in [6.45, 7) is 5.82. The zero-order chi connectivity index (χ0) is 15.4. The van der Waals surface area contributed by atoms with E-state index in [0.29, 0.717) is 18.8 Å². The number of carbonyl (C=O) groups is 1. The Morgan fingerprint density at radius 3 is 2.77 bits per heavy atom. The molecule has 1 amide bonds. The van der Waals surface area contributed by atoms with Crippen molar-refractivity contribution in [3.05, 3.63) is 28.0 Å². The van der Waals surface area contributed by atoms with Gasteiger partial charge < -0.3 is 19.6 Å². The van der Waals surface area contributed by atoms with Crippen molar-refractivity contribution >= 4 is 29.4 Å². The van der Waals surface area contributed by atoms with Crippen molar-refractivity contribution in [1.29, 1.82) is 0 Å². The lowest BCUT2D eigenvalue weighted by molar-refractivity contribution is 0.0954. The minimum Gasteiger partial charge on any atom is -0.442 e. The van der Waals surface area contributed by atoms with E-state index in [4.69, 9.17) is 4.42 Å². The van der Waals surface area contributed by atoms with Crippen LogP contribution in [-0.2, 0) is 7.05 Å². The molecule has 7 nitrogen and oxygen atoms in total. The Bertz CT molecular complexity index is 708. The molecule has 2 N–H and O–H groups in total. The molecular weight excluding hydrogens is 308 g/mol. The monoisotopic (exact) mass is 328 g/mol. The van der Waals surface area contributed by atoms with Crippen molar-refractivity contribution in [2.45, 2.75) is 20.3 Å². The van der Waals surface area contributed by atoms with Crippen LogP contribution in [0.5, 0.6) is 0 Å². The van der Waals surface area contributed by atoms with Gasteiger partial charge in [-0.05, 0) is 19.9 Å². The first-order valence-corrected chi connectivity index (χ1v) is 7.00. The van der Waals surface area contributed by atoms with E-state index in [0.717, 1.165) is 13.0 Å². The van der Waals surface area contributed by atoms with Gasteiger partial charge in [-0.25, -0.2) is 4.98 Å². The highest BCUT2D eigenvalue weighted by Crippen LogP contribution is 2.20. The average Bonchev–Trinajstić information content (AvgIpc) is 2.79. The summed E-state index contributed by atoms with van der Waals surface area (Å²) >= 11 is 0. The van der Waals surface area contributed by atoms with Crippen molar-refractivity contribution in [3.8, 4) is 0 Å². The number of nitrogens with zero attached hydrogens (tertiary/aromatic N) is 2. The molecular formula is C14H21ClN4O3. The Balaban J connectivity index is 0.00000242. The van der Waals surface area contributed by atoms with Crippen molar-refractivity contribution in [1.82, 2.24) is 20.2 Å². The number of halogens is 1. The molecule has 0 radical (unpaired) electrons. The van der Waals surface area contributed by atoms with E-state index < -0.39 is 0 Å². The summed E-state index contributed by atoms with van der Waals surface area (Å²) in [4.78, 5) is 28.4. The van der Waals surface area contributed by atoms with Gasteiger partial charge in [0.1, 0.15) is 17.5 Å². The molecule has 2 rings (SSSR count). The van der Waals surface area contributed by atoms with Gasteiger partial charge in [-0.3, -0.25) is 9.59 Å². The van der Waals surface area contributed by atoms with Crippen molar-refractivity contribution in [2.75, 3.05) is 19.6 Å². The van der Waals surface area contributed by atoms with Crippen LogP contribution in [0.4, 0.5) is 0 Å². The number of amides is 1. The SMILES string of the molecule is CCCNCCNC(=O)c1c(C)oc2ncn(C)c(=O)c12.Cl. The Morgan fingerprint density at radius 1 is 1.36 bits per heavy atom. The molecule has 0 saturated heterocycles. The van der Waals surface area contributed by atoms with Crippen LogP contribution >= 0.6 is 12.4 Å². The number of fused-ring (bicyclic) bond motifs is 1. The van der Waals surface area contributed by atoms with E-state index in [1.54, 1.807) is 14.0 Å². The summed E-state index contributed by atoms with van der Waals surface area (Å²) in [6, 6.07) is 0. The minimum atomic E-state index is -0.311. The highest BCUT2D eigenvalue weighted by molar-refractivity contribution is 6.06. The van der Waals surface area contributed by atoms with Crippen LogP contribution in [0.3, 0.4) is 0 Å². The van der Waals surface area contributed by atoms with Gasteiger partial charge in [0, 0.05) is 20.1 Å². The Morgan fingerprint density at radius 2 is 2.09 bits per heavy atom. The third kappa shape index (κ3) is 3.66. The van der Waals surface area contributed by atoms with Crippen LogP contribution in [-0.4, -0.2) is 35.1 Å². The van der Waals surface area contributed by atoms with Crippen molar-refractivity contribution in [3.63, 3.8) is 0 Å². The van der Waals surface area contributed by atoms with Crippen LogP contribution in [0.15, 0.2) is 15.5 Å². The van der Waals surface area contributed by atoms with Crippen molar-refractivity contribution in [2.24, 2.45) is 7.05 Å². The van der Waals surface area contributed by atoms with Gasteiger partial charge in [0.15, 0.2) is 0 Å². The fourth-order valence-corrected chi connectivity index (χ4v) is 2.12. The minimum absolute atomic E-state index is 0. The van der Waals surface area contributed by atoms with E-state index >= 15 is 0 Å². The fourth-order valence-electron chi connectivity index (χ4n) is 2.12. The molecule has 0 aromatic carbocycles. The number of rotatable bonds is 6. The summed E-state index contributed by atoms with van der Waals surface area (Å²) in [6.07, 6.45) is 2.42. The smallest absolute Gasteiger partial charge is 0.265 e. The van der Waals surface area contributed by atoms with Gasteiger partial charge in [0.2, 0.25) is 5.71 Å². The second-order valence-electron chi connectivity index (χ2n) is 4.88. The first kappa shape index (κ1) is 18.2. The largest absolute Gasteiger partial charge is 0.442 e. The van der Waals surface area contributed by atoms with Gasteiger partial charge in [-0.2, -0.15) is 0 Å². The Hall–Kier alpha value is -1.86. The first-order valence-electron chi connectivity index (χ1n) is 7.00.